The number of nitrogens with zero attached hydrogens (tertiary/aromatic N) is 5. The van der Waals surface area contributed by atoms with Gasteiger partial charge in [-0.15, -0.1) is 24.8 Å². The SMILES string of the molecule is C[C@@H]1CN(CC(=O)N2CC(C)(C)c3ncc(Cc4ccc(F)cc4F)cc32)[C@@H](CN2Cc3ccc(C#N)cc3C2=O)CN1.Cl.Cl. The summed E-state index contributed by atoms with van der Waals surface area (Å²) in [4.78, 5) is 37.6. The van der Waals surface area contributed by atoms with E-state index in [-0.39, 0.29) is 67.1 Å². The number of pyridine rings is 1. The highest BCUT2D eigenvalue weighted by Gasteiger charge is 2.41. The van der Waals surface area contributed by atoms with Crippen LogP contribution in [0.2, 0.25) is 0 Å². The molecule has 8 nitrogen and oxygen atoms in total. The summed E-state index contributed by atoms with van der Waals surface area (Å²) in [5, 5.41) is 12.7. The molecule has 0 bridgehead atoms. The highest BCUT2D eigenvalue weighted by molar-refractivity contribution is 5.99. The van der Waals surface area contributed by atoms with Gasteiger partial charge in [-0.1, -0.05) is 26.0 Å². The standard InChI is InChI=1S/C33H34F2N6O2.2ClH/c1-20-15-39(26(14-37-20)17-40-16-24-5-4-21(12-36)9-27(24)32(40)43)18-30(42)41-19-33(2,3)31-29(41)10-22(13-38-31)8-23-6-7-25(34)11-28(23)35;;/h4-7,9-11,13,20,26,37H,8,14-19H2,1-3H3;2*1H/t20-,26-;;/m1../s1. The molecule has 2 amide bonds. The Morgan fingerprint density at radius 2 is 1.93 bits per heavy atom. The third kappa shape index (κ3) is 6.82. The molecule has 0 spiro atoms. The Hall–Kier alpha value is -3.62. The fourth-order valence-electron chi connectivity index (χ4n) is 6.48. The molecule has 3 aliphatic rings. The van der Waals surface area contributed by atoms with Gasteiger partial charge in [-0.2, -0.15) is 5.26 Å². The van der Waals surface area contributed by atoms with Crippen LogP contribution in [0.5, 0.6) is 0 Å². The van der Waals surface area contributed by atoms with Crippen molar-refractivity contribution in [2.24, 2.45) is 0 Å². The zero-order chi connectivity index (χ0) is 30.5. The average Bonchev–Trinajstić information content (AvgIpc) is 3.43. The summed E-state index contributed by atoms with van der Waals surface area (Å²) in [6, 6.07) is 12.9. The molecule has 3 aliphatic heterocycles. The minimum atomic E-state index is -0.626. The predicted molar refractivity (Wildman–Crippen MR) is 172 cm³/mol. The van der Waals surface area contributed by atoms with Crippen LogP contribution >= 0.6 is 24.8 Å². The number of halogens is 4. The molecule has 4 heterocycles. The van der Waals surface area contributed by atoms with Gasteiger partial charge in [0.05, 0.1) is 29.6 Å². The molecule has 2 aromatic carbocycles. The van der Waals surface area contributed by atoms with Crippen LogP contribution in [0.25, 0.3) is 0 Å². The third-order valence-corrected chi connectivity index (χ3v) is 8.73. The number of fused-ring (bicyclic) bond motifs is 2. The first-order valence-corrected chi connectivity index (χ1v) is 14.6. The Balaban J connectivity index is 0.00000230. The van der Waals surface area contributed by atoms with Crippen LogP contribution in [0.1, 0.15) is 59.1 Å². The van der Waals surface area contributed by atoms with Gasteiger partial charge in [0.25, 0.3) is 5.91 Å². The second-order valence-electron chi connectivity index (χ2n) is 12.5. The van der Waals surface area contributed by atoms with Gasteiger partial charge in [-0.3, -0.25) is 19.5 Å². The van der Waals surface area contributed by atoms with Gasteiger partial charge >= 0.3 is 0 Å². The lowest BCUT2D eigenvalue weighted by Gasteiger charge is -2.41. The smallest absolute Gasteiger partial charge is 0.254 e. The normalized spacial score (nSPS) is 20.1. The summed E-state index contributed by atoms with van der Waals surface area (Å²) >= 11 is 0. The van der Waals surface area contributed by atoms with Crippen LogP contribution in [0, 0.1) is 23.0 Å². The van der Waals surface area contributed by atoms with Gasteiger partial charge in [-0.25, -0.2) is 8.78 Å². The van der Waals surface area contributed by atoms with Crippen LogP contribution in [-0.4, -0.2) is 71.4 Å². The number of amides is 2. The molecule has 0 aliphatic carbocycles. The second kappa shape index (κ2) is 13.4. The van der Waals surface area contributed by atoms with Crippen molar-refractivity contribution in [3.8, 4) is 6.07 Å². The number of hydrogen-bond acceptors (Lipinski definition) is 6. The van der Waals surface area contributed by atoms with E-state index in [1.165, 1.54) is 12.1 Å². The first kappa shape index (κ1) is 34.3. The van der Waals surface area contributed by atoms with E-state index in [0.717, 1.165) is 22.9 Å². The number of aromatic nitrogens is 1. The van der Waals surface area contributed by atoms with E-state index in [9.17, 15) is 23.6 Å². The highest BCUT2D eigenvalue weighted by Crippen LogP contribution is 2.40. The van der Waals surface area contributed by atoms with Gasteiger partial charge in [0.1, 0.15) is 11.6 Å². The highest BCUT2D eigenvalue weighted by atomic mass is 35.5. The molecule has 1 aromatic heterocycles. The molecule has 3 aromatic rings. The molecule has 0 saturated carbocycles. The van der Waals surface area contributed by atoms with Crippen molar-refractivity contribution >= 4 is 42.3 Å². The molecule has 2 atom stereocenters. The van der Waals surface area contributed by atoms with Crippen LogP contribution < -0.4 is 10.2 Å². The number of carbonyl (C=O) groups is 2. The number of anilines is 1. The summed E-state index contributed by atoms with van der Waals surface area (Å²) in [5.41, 5.74) is 4.19. The van der Waals surface area contributed by atoms with E-state index in [4.69, 9.17) is 4.98 Å². The fourth-order valence-corrected chi connectivity index (χ4v) is 6.48. The molecular formula is C33H36Cl2F2N6O2. The third-order valence-electron chi connectivity index (χ3n) is 8.73. The van der Waals surface area contributed by atoms with Gasteiger partial charge in [0, 0.05) is 74.5 Å². The first-order valence-electron chi connectivity index (χ1n) is 14.6. The minimum Gasteiger partial charge on any atom is -0.333 e. The lowest BCUT2D eigenvalue weighted by Crippen LogP contribution is -2.60. The molecule has 0 radical (unpaired) electrons. The zero-order valence-electron chi connectivity index (χ0n) is 25.3. The van der Waals surface area contributed by atoms with E-state index in [1.807, 2.05) is 12.1 Å². The molecule has 6 rings (SSSR count). The molecule has 12 heteroatoms. The maximum atomic E-state index is 14.4. The van der Waals surface area contributed by atoms with Crippen LogP contribution in [0.4, 0.5) is 14.5 Å². The summed E-state index contributed by atoms with van der Waals surface area (Å²) < 4.78 is 27.8. The van der Waals surface area contributed by atoms with Crippen molar-refractivity contribution in [2.75, 3.05) is 37.6 Å². The molecule has 238 valence electrons. The average molecular weight is 658 g/mol. The molecule has 1 N–H and O–H groups in total. The van der Waals surface area contributed by atoms with Crippen molar-refractivity contribution in [2.45, 2.75) is 51.2 Å². The van der Waals surface area contributed by atoms with Crippen molar-refractivity contribution in [1.82, 2.24) is 20.1 Å². The lowest BCUT2D eigenvalue weighted by atomic mass is 9.91. The minimum absolute atomic E-state index is 0. The first-order chi connectivity index (χ1) is 20.5. The van der Waals surface area contributed by atoms with Gasteiger partial charge < -0.3 is 15.1 Å². The quantitative estimate of drug-likeness (QED) is 0.417. The molecule has 45 heavy (non-hydrogen) atoms. The number of carbonyl (C=O) groups excluding carboxylic acids is 2. The topological polar surface area (TPSA) is 92.6 Å². The van der Waals surface area contributed by atoms with E-state index in [0.29, 0.717) is 55.1 Å². The second-order valence-corrected chi connectivity index (χ2v) is 12.5. The fraction of sp³-hybridized carbons (Fsp3) is 0.394. The van der Waals surface area contributed by atoms with E-state index >= 15 is 0 Å². The molecule has 1 fully saturated rings. The van der Waals surface area contributed by atoms with Crippen LogP contribution in [0.3, 0.4) is 0 Å². The Morgan fingerprint density at radius 3 is 2.67 bits per heavy atom. The Labute approximate surface area is 274 Å². The van der Waals surface area contributed by atoms with Crippen molar-refractivity contribution in [1.29, 1.82) is 5.26 Å². The predicted octanol–water partition coefficient (Wildman–Crippen LogP) is 4.61. The maximum absolute atomic E-state index is 14.4. The van der Waals surface area contributed by atoms with E-state index in [1.54, 1.807) is 28.1 Å². The summed E-state index contributed by atoms with van der Waals surface area (Å²) in [6.07, 6.45) is 1.93. The number of rotatable bonds is 6. The monoisotopic (exact) mass is 656 g/mol. The van der Waals surface area contributed by atoms with E-state index in [2.05, 4.69) is 37.1 Å². The number of nitriles is 1. The van der Waals surface area contributed by atoms with Crippen LogP contribution in [-0.2, 0) is 23.2 Å². The Morgan fingerprint density at radius 1 is 1.16 bits per heavy atom. The van der Waals surface area contributed by atoms with Crippen molar-refractivity contribution < 1.29 is 18.4 Å². The molecule has 1 saturated heterocycles. The molecular weight excluding hydrogens is 621 g/mol. The Bertz CT molecular complexity index is 1660. The van der Waals surface area contributed by atoms with Gasteiger partial charge in [-0.05, 0) is 47.9 Å². The largest absolute Gasteiger partial charge is 0.333 e. The number of hydrogen-bond donors (Lipinski definition) is 1. The summed E-state index contributed by atoms with van der Waals surface area (Å²) in [5.74, 6) is -1.40. The zero-order valence-corrected chi connectivity index (χ0v) is 27.0. The van der Waals surface area contributed by atoms with Gasteiger partial charge in [0.15, 0.2) is 0 Å². The van der Waals surface area contributed by atoms with E-state index < -0.39 is 11.6 Å². The van der Waals surface area contributed by atoms with Crippen LogP contribution in [0.15, 0.2) is 48.7 Å². The van der Waals surface area contributed by atoms with Gasteiger partial charge in [0.2, 0.25) is 5.91 Å². The Kier molecular flexibility index (Phi) is 10.2. The molecule has 0 unspecified atom stereocenters. The summed E-state index contributed by atoms with van der Waals surface area (Å²) in [7, 11) is 0. The number of benzene rings is 2. The van der Waals surface area contributed by atoms with Crippen molar-refractivity contribution in [3.63, 3.8) is 0 Å². The maximum Gasteiger partial charge on any atom is 0.254 e. The number of piperazine rings is 1. The summed E-state index contributed by atoms with van der Waals surface area (Å²) in [6.45, 7) is 9.04. The number of nitrogens with one attached hydrogen (secondary N) is 1. The van der Waals surface area contributed by atoms with Crippen molar-refractivity contribution in [3.05, 3.63) is 93.8 Å². The lowest BCUT2D eigenvalue weighted by molar-refractivity contribution is -0.120.